The third kappa shape index (κ3) is 3.63. The molecule has 0 atom stereocenters. The largest absolute Gasteiger partial charge is 0.497 e. The van der Waals surface area contributed by atoms with E-state index in [9.17, 15) is 9.18 Å². The maximum Gasteiger partial charge on any atom is 0.255 e. The van der Waals surface area contributed by atoms with Crippen LogP contribution in [0.15, 0.2) is 60.9 Å². The van der Waals surface area contributed by atoms with Gasteiger partial charge in [0.1, 0.15) is 17.3 Å². The van der Waals surface area contributed by atoms with E-state index < -0.39 is 0 Å². The van der Waals surface area contributed by atoms with E-state index in [2.05, 4.69) is 5.32 Å². The molecule has 0 bridgehead atoms. The van der Waals surface area contributed by atoms with Crippen molar-refractivity contribution in [2.45, 2.75) is 0 Å². The first-order valence-corrected chi connectivity index (χ1v) is 7.58. The first kappa shape index (κ1) is 16.6. The lowest BCUT2D eigenvalue weighted by Crippen LogP contribution is -2.14. The van der Waals surface area contributed by atoms with Gasteiger partial charge in [-0.3, -0.25) is 4.79 Å². The van der Waals surface area contributed by atoms with Gasteiger partial charge >= 0.3 is 0 Å². The summed E-state index contributed by atoms with van der Waals surface area (Å²) in [5.41, 5.74) is 1.40. The fourth-order valence-corrected chi connectivity index (χ4v) is 2.45. The minimum Gasteiger partial charge on any atom is -0.497 e. The highest BCUT2D eigenvalue weighted by Gasteiger charge is 2.13. The summed E-state index contributed by atoms with van der Waals surface area (Å²) >= 11 is 0. The number of carbonyl (C=O) groups is 1. The standard InChI is InChI=1S/C19H17FN2O3/c1-24-15-9-13(10-16(12-15)25-2)19(23)21-17-6-5-14(20)11-18(17)22-7-3-4-8-22/h3-12H,1-2H3,(H,21,23). The van der Waals surface area contributed by atoms with Crippen LogP contribution >= 0.6 is 0 Å². The van der Waals surface area contributed by atoms with E-state index in [1.54, 1.807) is 35.2 Å². The number of nitrogens with one attached hydrogen (secondary N) is 1. The minimum atomic E-state index is -0.384. The van der Waals surface area contributed by atoms with Crippen molar-refractivity contribution in [1.82, 2.24) is 4.57 Å². The van der Waals surface area contributed by atoms with E-state index in [0.29, 0.717) is 28.4 Å². The minimum absolute atomic E-state index is 0.350. The monoisotopic (exact) mass is 340 g/mol. The molecule has 0 unspecified atom stereocenters. The zero-order valence-electron chi connectivity index (χ0n) is 13.8. The number of methoxy groups -OCH3 is 2. The van der Waals surface area contributed by atoms with Crippen molar-refractivity contribution in [1.29, 1.82) is 0 Å². The summed E-state index contributed by atoms with van der Waals surface area (Å²) in [6, 6.07) is 12.7. The van der Waals surface area contributed by atoms with Crippen molar-refractivity contribution in [3.05, 3.63) is 72.3 Å². The second-order valence-electron chi connectivity index (χ2n) is 5.31. The Balaban J connectivity index is 1.94. The Morgan fingerprint density at radius 2 is 1.64 bits per heavy atom. The second-order valence-corrected chi connectivity index (χ2v) is 5.31. The molecule has 2 aromatic carbocycles. The Hall–Kier alpha value is -3.28. The van der Waals surface area contributed by atoms with Gasteiger partial charge in [0.2, 0.25) is 0 Å². The third-order valence-corrected chi connectivity index (χ3v) is 3.70. The number of carbonyl (C=O) groups excluding carboxylic acids is 1. The van der Waals surface area contributed by atoms with Crippen LogP contribution < -0.4 is 14.8 Å². The van der Waals surface area contributed by atoms with Gasteiger partial charge in [-0.1, -0.05) is 0 Å². The quantitative estimate of drug-likeness (QED) is 0.767. The predicted octanol–water partition coefficient (Wildman–Crippen LogP) is 3.89. The first-order chi connectivity index (χ1) is 12.1. The van der Waals surface area contributed by atoms with Crippen molar-refractivity contribution in [3.63, 3.8) is 0 Å². The molecule has 6 heteroatoms. The molecule has 0 fully saturated rings. The van der Waals surface area contributed by atoms with Gasteiger partial charge in [0.25, 0.3) is 5.91 Å². The van der Waals surface area contributed by atoms with Crippen LogP contribution in [0.2, 0.25) is 0 Å². The Morgan fingerprint density at radius 1 is 1.00 bits per heavy atom. The summed E-state index contributed by atoms with van der Waals surface area (Å²) in [6.45, 7) is 0. The molecule has 1 heterocycles. The van der Waals surface area contributed by atoms with Crippen LogP contribution in [0, 0.1) is 5.82 Å². The lowest BCUT2D eigenvalue weighted by Gasteiger charge is -2.13. The van der Waals surface area contributed by atoms with Gasteiger partial charge in [-0.05, 0) is 42.5 Å². The van der Waals surface area contributed by atoms with E-state index in [0.717, 1.165) is 0 Å². The van der Waals surface area contributed by atoms with Gasteiger partial charge in [-0.15, -0.1) is 0 Å². The number of benzene rings is 2. The lowest BCUT2D eigenvalue weighted by molar-refractivity contribution is 0.102. The molecule has 1 aromatic heterocycles. The highest BCUT2D eigenvalue weighted by atomic mass is 19.1. The van der Waals surface area contributed by atoms with Crippen molar-refractivity contribution in [2.75, 3.05) is 19.5 Å². The van der Waals surface area contributed by atoms with Crippen LogP contribution in [0.1, 0.15) is 10.4 Å². The molecule has 0 aliphatic heterocycles. The zero-order valence-corrected chi connectivity index (χ0v) is 13.8. The highest BCUT2D eigenvalue weighted by molar-refractivity contribution is 6.05. The summed E-state index contributed by atoms with van der Waals surface area (Å²) in [6.07, 6.45) is 3.55. The Kier molecular flexibility index (Phi) is 4.70. The molecular weight excluding hydrogens is 323 g/mol. The first-order valence-electron chi connectivity index (χ1n) is 7.58. The normalized spacial score (nSPS) is 10.4. The molecule has 0 aliphatic rings. The van der Waals surface area contributed by atoms with Crippen LogP contribution in [0.25, 0.3) is 5.69 Å². The van der Waals surface area contributed by atoms with Crippen LogP contribution in [-0.4, -0.2) is 24.7 Å². The average molecular weight is 340 g/mol. The highest BCUT2D eigenvalue weighted by Crippen LogP contribution is 2.25. The SMILES string of the molecule is COc1cc(OC)cc(C(=O)Nc2ccc(F)cc2-n2cccc2)c1. The molecule has 0 saturated heterocycles. The average Bonchev–Trinajstić information content (AvgIpc) is 3.17. The van der Waals surface area contributed by atoms with Gasteiger partial charge in [0.05, 0.1) is 25.6 Å². The zero-order chi connectivity index (χ0) is 17.8. The number of rotatable bonds is 5. The Bertz CT molecular complexity index is 869. The number of hydrogen-bond donors (Lipinski definition) is 1. The summed E-state index contributed by atoms with van der Waals surface area (Å²) in [4.78, 5) is 12.6. The van der Waals surface area contributed by atoms with E-state index >= 15 is 0 Å². The fraction of sp³-hybridized carbons (Fsp3) is 0.105. The van der Waals surface area contributed by atoms with E-state index in [1.165, 1.54) is 32.4 Å². The maximum absolute atomic E-state index is 13.6. The van der Waals surface area contributed by atoms with Crippen LogP contribution in [0.3, 0.4) is 0 Å². The number of anilines is 1. The molecule has 3 rings (SSSR count). The fourth-order valence-electron chi connectivity index (χ4n) is 2.45. The molecule has 1 amide bonds. The van der Waals surface area contributed by atoms with Crippen molar-refractivity contribution in [2.24, 2.45) is 0 Å². The van der Waals surface area contributed by atoms with Crippen molar-refractivity contribution in [3.8, 4) is 17.2 Å². The van der Waals surface area contributed by atoms with Crippen molar-refractivity contribution >= 4 is 11.6 Å². The van der Waals surface area contributed by atoms with Crippen LogP contribution in [0.5, 0.6) is 11.5 Å². The Morgan fingerprint density at radius 3 is 2.24 bits per heavy atom. The summed E-state index contributed by atoms with van der Waals surface area (Å²) < 4.78 is 25.7. The summed E-state index contributed by atoms with van der Waals surface area (Å²) in [5, 5.41) is 2.81. The number of nitrogens with zero attached hydrogens (tertiary/aromatic N) is 1. The van der Waals surface area contributed by atoms with Crippen LogP contribution in [0.4, 0.5) is 10.1 Å². The maximum atomic E-state index is 13.6. The number of hydrogen-bond acceptors (Lipinski definition) is 3. The van der Waals surface area contributed by atoms with Gasteiger partial charge in [-0.25, -0.2) is 4.39 Å². The van der Waals surface area contributed by atoms with Crippen molar-refractivity contribution < 1.29 is 18.7 Å². The Labute approximate surface area is 144 Å². The summed E-state index contributed by atoms with van der Waals surface area (Å²) in [5.74, 6) is 0.283. The lowest BCUT2D eigenvalue weighted by atomic mass is 10.1. The molecule has 3 aromatic rings. The van der Waals surface area contributed by atoms with E-state index in [4.69, 9.17) is 9.47 Å². The predicted molar refractivity (Wildman–Crippen MR) is 93.2 cm³/mol. The summed E-state index contributed by atoms with van der Waals surface area (Å²) in [7, 11) is 3.03. The molecule has 0 spiro atoms. The number of halogens is 1. The molecule has 5 nitrogen and oxygen atoms in total. The molecule has 25 heavy (non-hydrogen) atoms. The topological polar surface area (TPSA) is 52.5 Å². The smallest absolute Gasteiger partial charge is 0.255 e. The van der Waals surface area contributed by atoms with Gasteiger partial charge < -0.3 is 19.4 Å². The molecular formula is C19H17FN2O3. The van der Waals surface area contributed by atoms with Gasteiger partial charge in [0, 0.05) is 24.0 Å². The molecule has 1 N–H and O–H groups in total. The second kappa shape index (κ2) is 7.09. The molecule has 128 valence electrons. The number of aromatic nitrogens is 1. The third-order valence-electron chi connectivity index (χ3n) is 3.70. The number of ether oxygens (including phenoxy) is 2. The van der Waals surface area contributed by atoms with E-state index in [1.807, 2.05) is 12.1 Å². The molecule has 0 aliphatic carbocycles. The number of amides is 1. The molecule has 0 saturated carbocycles. The van der Waals surface area contributed by atoms with E-state index in [-0.39, 0.29) is 11.7 Å². The van der Waals surface area contributed by atoms with Crippen LogP contribution in [-0.2, 0) is 0 Å². The van der Waals surface area contributed by atoms with Gasteiger partial charge in [0.15, 0.2) is 0 Å². The molecule has 0 radical (unpaired) electrons. The van der Waals surface area contributed by atoms with Gasteiger partial charge in [-0.2, -0.15) is 0 Å².